The first-order chi connectivity index (χ1) is 8.45. The molecule has 1 aliphatic carbocycles. The molecular formula is C11H12ClF3N2S. The van der Waals surface area contributed by atoms with Gasteiger partial charge in [0.15, 0.2) is 0 Å². The zero-order valence-corrected chi connectivity index (χ0v) is 11.1. The Hall–Kier alpha value is -0.490. The van der Waals surface area contributed by atoms with Gasteiger partial charge in [0, 0.05) is 11.3 Å². The molecule has 1 fully saturated rings. The number of thioether (sulfide) groups is 1. The number of nitrogens with zero attached hydrogens (tertiary/aromatic N) is 2. The summed E-state index contributed by atoms with van der Waals surface area (Å²) in [6.07, 6.45) is 0.953. The Bertz CT molecular complexity index is 419. The highest BCUT2D eigenvalue weighted by Gasteiger charge is 2.35. The summed E-state index contributed by atoms with van der Waals surface area (Å²) in [6, 6.07) is 1.40. The molecule has 1 aliphatic rings. The minimum absolute atomic E-state index is 0.157. The van der Waals surface area contributed by atoms with E-state index in [1.165, 1.54) is 24.2 Å². The Balaban J connectivity index is 2.14. The normalized spacial score (nSPS) is 18.0. The maximum Gasteiger partial charge on any atom is 0.451 e. The van der Waals surface area contributed by atoms with Crippen LogP contribution in [0.1, 0.15) is 37.9 Å². The van der Waals surface area contributed by atoms with Crippen LogP contribution in [0.3, 0.4) is 0 Å². The van der Waals surface area contributed by atoms with Gasteiger partial charge in [-0.1, -0.05) is 30.9 Å². The standard InChI is InChI=1S/C11H12ClF3N2S/c12-8-6-9(17-10(16-8)11(13,14)15)18-7-4-2-1-3-5-7/h6-7H,1-5H2. The third-order valence-electron chi connectivity index (χ3n) is 2.76. The fourth-order valence-electron chi connectivity index (χ4n) is 1.94. The van der Waals surface area contributed by atoms with E-state index >= 15 is 0 Å². The van der Waals surface area contributed by atoms with Crippen LogP contribution >= 0.6 is 23.4 Å². The van der Waals surface area contributed by atoms with Crippen LogP contribution in [0.25, 0.3) is 0 Å². The van der Waals surface area contributed by atoms with Crippen molar-refractivity contribution >= 4 is 23.4 Å². The van der Waals surface area contributed by atoms with Crippen molar-refractivity contribution in [1.29, 1.82) is 0 Å². The average Bonchev–Trinajstić information content (AvgIpc) is 2.28. The average molecular weight is 297 g/mol. The van der Waals surface area contributed by atoms with Crippen LogP contribution < -0.4 is 0 Å². The van der Waals surface area contributed by atoms with Crippen molar-refractivity contribution in [3.8, 4) is 0 Å². The Morgan fingerprint density at radius 2 is 1.83 bits per heavy atom. The van der Waals surface area contributed by atoms with Crippen molar-refractivity contribution < 1.29 is 13.2 Å². The van der Waals surface area contributed by atoms with E-state index in [2.05, 4.69) is 9.97 Å². The molecule has 1 aromatic rings. The maximum absolute atomic E-state index is 12.5. The third kappa shape index (κ3) is 3.75. The molecule has 0 aromatic carbocycles. The highest BCUT2D eigenvalue weighted by Crippen LogP contribution is 2.35. The first-order valence-electron chi connectivity index (χ1n) is 5.73. The molecule has 7 heteroatoms. The number of hydrogen-bond donors (Lipinski definition) is 0. The van der Waals surface area contributed by atoms with E-state index in [0.29, 0.717) is 10.3 Å². The van der Waals surface area contributed by atoms with E-state index < -0.39 is 12.0 Å². The smallest absolute Gasteiger partial charge is 0.218 e. The second kappa shape index (κ2) is 5.65. The fraction of sp³-hybridized carbons (Fsp3) is 0.636. The van der Waals surface area contributed by atoms with Gasteiger partial charge in [0.2, 0.25) is 5.82 Å². The van der Waals surface area contributed by atoms with E-state index in [1.54, 1.807) is 0 Å². The van der Waals surface area contributed by atoms with Gasteiger partial charge < -0.3 is 0 Å². The largest absolute Gasteiger partial charge is 0.451 e. The highest BCUT2D eigenvalue weighted by atomic mass is 35.5. The van der Waals surface area contributed by atoms with Gasteiger partial charge in [-0.05, 0) is 12.8 Å². The molecule has 18 heavy (non-hydrogen) atoms. The SMILES string of the molecule is FC(F)(F)c1nc(Cl)cc(SC2CCCCC2)n1. The molecule has 0 saturated heterocycles. The lowest BCUT2D eigenvalue weighted by Crippen LogP contribution is -2.13. The monoisotopic (exact) mass is 296 g/mol. The molecule has 1 aromatic heterocycles. The topological polar surface area (TPSA) is 25.8 Å². The maximum atomic E-state index is 12.5. The summed E-state index contributed by atoms with van der Waals surface area (Å²) in [5.74, 6) is -1.16. The Kier molecular flexibility index (Phi) is 4.37. The van der Waals surface area contributed by atoms with Gasteiger partial charge in [0.1, 0.15) is 10.2 Å². The predicted octanol–water partition coefficient (Wildman–Crippen LogP) is 4.57. The first-order valence-corrected chi connectivity index (χ1v) is 6.99. The van der Waals surface area contributed by atoms with Crippen LogP contribution in [-0.4, -0.2) is 15.2 Å². The molecule has 1 saturated carbocycles. The summed E-state index contributed by atoms with van der Waals surface area (Å²) in [5.41, 5.74) is 0. The zero-order chi connectivity index (χ0) is 13.2. The number of halogens is 4. The van der Waals surface area contributed by atoms with Gasteiger partial charge in [0.05, 0.1) is 0 Å². The zero-order valence-electron chi connectivity index (χ0n) is 9.50. The Labute approximate surface area is 112 Å². The molecular weight excluding hydrogens is 285 g/mol. The van der Waals surface area contributed by atoms with Gasteiger partial charge in [-0.2, -0.15) is 13.2 Å². The highest BCUT2D eigenvalue weighted by molar-refractivity contribution is 7.99. The fourth-order valence-corrected chi connectivity index (χ4v) is 3.42. The van der Waals surface area contributed by atoms with Crippen molar-refractivity contribution in [3.05, 3.63) is 17.0 Å². The summed E-state index contributed by atoms with van der Waals surface area (Å²) in [7, 11) is 0. The van der Waals surface area contributed by atoms with Crippen LogP contribution in [0, 0.1) is 0 Å². The number of alkyl halides is 3. The summed E-state index contributed by atoms with van der Waals surface area (Å²) >= 11 is 6.98. The minimum Gasteiger partial charge on any atom is -0.218 e. The van der Waals surface area contributed by atoms with Crippen LogP contribution in [0.4, 0.5) is 13.2 Å². The third-order valence-corrected chi connectivity index (χ3v) is 4.21. The van der Waals surface area contributed by atoms with Crippen molar-refractivity contribution in [1.82, 2.24) is 9.97 Å². The molecule has 2 rings (SSSR count). The van der Waals surface area contributed by atoms with E-state index in [4.69, 9.17) is 11.6 Å². The predicted molar refractivity (Wildman–Crippen MR) is 64.8 cm³/mol. The minimum atomic E-state index is -4.55. The molecule has 100 valence electrons. The summed E-state index contributed by atoms with van der Waals surface area (Å²) in [5, 5.41) is 0.496. The molecule has 0 unspecified atom stereocenters. The van der Waals surface area contributed by atoms with Crippen molar-refractivity contribution in [2.24, 2.45) is 0 Å². The number of rotatable bonds is 2. The summed E-state index contributed by atoms with van der Waals surface area (Å²) < 4.78 is 37.6. The van der Waals surface area contributed by atoms with Gasteiger partial charge in [0.25, 0.3) is 0 Å². The van der Waals surface area contributed by atoms with E-state index in [9.17, 15) is 13.2 Å². The molecule has 0 amide bonds. The second-order valence-electron chi connectivity index (χ2n) is 4.23. The first kappa shape index (κ1) is 13.9. The molecule has 0 aliphatic heterocycles. The van der Waals surface area contributed by atoms with Crippen molar-refractivity contribution in [2.45, 2.75) is 48.6 Å². The Morgan fingerprint density at radius 1 is 1.17 bits per heavy atom. The lowest BCUT2D eigenvalue weighted by Gasteiger charge is -2.20. The van der Waals surface area contributed by atoms with E-state index in [-0.39, 0.29) is 5.15 Å². The molecule has 0 spiro atoms. The van der Waals surface area contributed by atoms with Crippen molar-refractivity contribution in [3.63, 3.8) is 0 Å². The molecule has 0 radical (unpaired) electrons. The lowest BCUT2D eigenvalue weighted by atomic mass is 10.0. The van der Waals surface area contributed by atoms with E-state index in [0.717, 1.165) is 25.7 Å². The van der Waals surface area contributed by atoms with Crippen LogP contribution in [-0.2, 0) is 6.18 Å². The van der Waals surface area contributed by atoms with Gasteiger partial charge >= 0.3 is 6.18 Å². The number of hydrogen-bond acceptors (Lipinski definition) is 3. The lowest BCUT2D eigenvalue weighted by molar-refractivity contribution is -0.145. The Morgan fingerprint density at radius 3 is 2.44 bits per heavy atom. The molecule has 0 N–H and O–H groups in total. The quantitative estimate of drug-likeness (QED) is 0.747. The molecule has 2 nitrogen and oxygen atoms in total. The van der Waals surface area contributed by atoms with E-state index in [1.807, 2.05) is 0 Å². The van der Waals surface area contributed by atoms with Crippen LogP contribution in [0.2, 0.25) is 5.15 Å². The second-order valence-corrected chi connectivity index (χ2v) is 5.94. The molecule has 1 heterocycles. The molecule has 0 bridgehead atoms. The summed E-state index contributed by atoms with van der Waals surface area (Å²) in [6.45, 7) is 0. The van der Waals surface area contributed by atoms with Crippen LogP contribution in [0.5, 0.6) is 0 Å². The number of aromatic nitrogens is 2. The summed E-state index contributed by atoms with van der Waals surface area (Å²) in [4.78, 5) is 6.76. The van der Waals surface area contributed by atoms with Gasteiger partial charge in [-0.25, -0.2) is 9.97 Å². The van der Waals surface area contributed by atoms with Gasteiger partial charge in [-0.3, -0.25) is 0 Å². The van der Waals surface area contributed by atoms with Gasteiger partial charge in [-0.15, -0.1) is 11.8 Å². The molecule has 0 atom stereocenters. The van der Waals surface area contributed by atoms with Crippen molar-refractivity contribution in [2.75, 3.05) is 0 Å². The van der Waals surface area contributed by atoms with Crippen LogP contribution in [0.15, 0.2) is 11.1 Å².